The summed E-state index contributed by atoms with van der Waals surface area (Å²) >= 11 is 0. The van der Waals surface area contributed by atoms with E-state index in [1.807, 2.05) is 24.3 Å². The minimum Gasteiger partial charge on any atom is -0.497 e. The zero-order chi connectivity index (χ0) is 16.9. The number of hydrogen-bond acceptors (Lipinski definition) is 3. The zero-order valence-electron chi connectivity index (χ0n) is 15.2. The number of aliphatic imine (C=N–C) groups is 1. The molecule has 0 spiro atoms. The number of nitrogens with zero attached hydrogens (tertiary/aromatic N) is 2. The molecule has 1 aromatic carbocycles. The summed E-state index contributed by atoms with van der Waals surface area (Å²) < 4.78 is 5.22. The van der Waals surface area contributed by atoms with Gasteiger partial charge in [-0.15, -0.1) is 24.0 Å². The fraction of sp³-hybridized carbons (Fsp3) is 0.611. The van der Waals surface area contributed by atoms with Gasteiger partial charge in [0.05, 0.1) is 13.7 Å². The second-order valence-electron chi connectivity index (χ2n) is 6.88. The molecule has 1 aliphatic rings. The Morgan fingerprint density at radius 1 is 1.46 bits per heavy atom. The van der Waals surface area contributed by atoms with Crippen molar-refractivity contribution in [3.63, 3.8) is 0 Å². The van der Waals surface area contributed by atoms with Crippen LogP contribution in [-0.2, 0) is 0 Å². The van der Waals surface area contributed by atoms with E-state index in [0.717, 1.165) is 23.9 Å². The van der Waals surface area contributed by atoms with Gasteiger partial charge in [0, 0.05) is 17.3 Å². The van der Waals surface area contributed by atoms with Crippen molar-refractivity contribution in [1.82, 2.24) is 4.90 Å². The second kappa shape index (κ2) is 9.46. The first-order valence-corrected chi connectivity index (χ1v) is 8.33. The monoisotopic (exact) mass is 446 g/mol. The van der Waals surface area contributed by atoms with Crippen LogP contribution in [0.2, 0.25) is 0 Å². The van der Waals surface area contributed by atoms with Gasteiger partial charge in [-0.25, -0.2) is 0 Å². The molecule has 2 atom stereocenters. The zero-order valence-corrected chi connectivity index (χ0v) is 17.5. The Balaban J connectivity index is 0.00000288. The average Bonchev–Trinajstić information content (AvgIpc) is 2.53. The summed E-state index contributed by atoms with van der Waals surface area (Å²) in [4.78, 5) is 6.95. The highest BCUT2D eigenvalue weighted by atomic mass is 127. The van der Waals surface area contributed by atoms with E-state index in [4.69, 9.17) is 10.5 Å². The first-order valence-electron chi connectivity index (χ1n) is 8.33. The van der Waals surface area contributed by atoms with Crippen molar-refractivity contribution in [2.24, 2.45) is 16.6 Å². The van der Waals surface area contributed by atoms with Crippen molar-refractivity contribution in [2.45, 2.75) is 38.1 Å². The number of nitrogens with one attached hydrogen (secondary N) is 1. The van der Waals surface area contributed by atoms with E-state index >= 15 is 0 Å². The van der Waals surface area contributed by atoms with Crippen LogP contribution in [0.4, 0.5) is 5.69 Å². The van der Waals surface area contributed by atoms with Crippen molar-refractivity contribution >= 4 is 35.6 Å². The Morgan fingerprint density at radius 2 is 2.21 bits per heavy atom. The summed E-state index contributed by atoms with van der Waals surface area (Å²) in [5.41, 5.74) is 7.10. The molecular formula is C18H31IN4O. The molecule has 24 heavy (non-hydrogen) atoms. The van der Waals surface area contributed by atoms with E-state index in [9.17, 15) is 0 Å². The number of guanidine groups is 1. The number of likely N-dealkylation sites (N-methyl/N-ethyl adjacent to an activating group) is 1. The molecule has 136 valence electrons. The van der Waals surface area contributed by atoms with Gasteiger partial charge in [-0.2, -0.15) is 0 Å². The number of halogens is 1. The molecule has 0 bridgehead atoms. The summed E-state index contributed by atoms with van der Waals surface area (Å²) in [5, 5.41) is 3.15. The molecule has 5 nitrogen and oxygen atoms in total. The van der Waals surface area contributed by atoms with E-state index in [0.29, 0.717) is 5.96 Å². The fourth-order valence-electron chi connectivity index (χ4n) is 3.44. The number of anilines is 1. The molecule has 0 saturated heterocycles. The number of nitrogens with two attached hydrogens (primary N) is 1. The van der Waals surface area contributed by atoms with E-state index in [2.05, 4.69) is 36.2 Å². The SMILES string of the molecule is COc1cccc(NC(N)=NCC2(N(C)C)CCCC(C)C2)c1.I. The molecule has 2 unspecified atom stereocenters. The molecule has 0 aliphatic heterocycles. The number of benzene rings is 1. The van der Waals surface area contributed by atoms with Gasteiger partial charge in [-0.1, -0.05) is 25.8 Å². The van der Waals surface area contributed by atoms with Crippen LogP contribution in [0, 0.1) is 5.92 Å². The lowest BCUT2D eigenvalue weighted by Gasteiger charge is -2.44. The van der Waals surface area contributed by atoms with Gasteiger partial charge in [0.1, 0.15) is 5.75 Å². The topological polar surface area (TPSA) is 62.9 Å². The molecule has 1 fully saturated rings. The molecule has 1 aliphatic carbocycles. The predicted octanol–water partition coefficient (Wildman–Crippen LogP) is 3.55. The molecule has 6 heteroatoms. The summed E-state index contributed by atoms with van der Waals surface area (Å²) in [5.74, 6) is 2.00. The maximum absolute atomic E-state index is 6.09. The van der Waals surface area contributed by atoms with Crippen molar-refractivity contribution in [1.29, 1.82) is 0 Å². The molecule has 2 rings (SSSR count). The van der Waals surface area contributed by atoms with Crippen LogP contribution in [0.25, 0.3) is 0 Å². The van der Waals surface area contributed by atoms with Crippen LogP contribution in [0.1, 0.15) is 32.6 Å². The molecule has 1 saturated carbocycles. The Hall–Kier alpha value is -1.02. The van der Waals surface area contributed by atoms with E-state index in [1.54, 1.807) is 7.11 Å². The Labute approximate surface area is 163 Å². The van der Waals surface area contributed by atoms with Crippen molar-refractivity contribution in [3.8, 4) is 5.75 Å². The number of rotatable bonds is 5. The van der Waals surface area contributed by atoms with E-state index in [-0.39, 0.29) is 29.5 Å². The normalized spacial score (nSPS) is 24.4. The third kappa shape index (κ3) is 5.51. The summed E-state index contributed by atoms with van der Waals surface area (Å²) in [7, 11) is 5.96. The third-order valence-electron chi connectivity index (χ3n) is 4.90. The molecule has 1 aromatic rings. The summed E-state index contributed by atoms with van der Waals surface area (Å²) in [6.07, 6.45) is 4.94. The molecule has 0 radical (unpaired) electrons. The van der Waals surface area contributed by atoms with Gasteiger partial charge in [-0.05, 0) is 45.0 Å². The maximum Gasteiger partial charge on any atom is 0.193 e. The first-order chi connectivity index (χ1) is 10.9. The summed E-state index contributed by atoms with van der Waals surface area (Å²) in [6, 6.07) is 7.70. The highest BCUT2D eigenvalue weighted by Crippen LogP contribution is 2.35. The van der Waals surface area contributed by atoms with Gasteiger partial charge in [-0.3, -0.25) is 4.99 Å². The minimum absolute atomic E-state index is 0. The number of hydrogen-bond donors (Lipinski definition) is 2. The molecule has 0 aromatic heterocycles. The van der Waals surface area contributed by atoms with Gasteiger partial charge in [0.2, 0.25) is 0 Å². The van der Waals surface area contributed by atoms with Gasteiger partial charge >= 0.3 is 0 Å². The van der Waals surface area contributed by atoms with Gasteiger partial charge < -0.3 is 20.7 Å². The Morgan fingerprint density at radius 3 is 2.83 bits per heavy atom. The van der Waals surface area contributed by atoms with Crippen LogP contribution in [0.5, 0.6) is 5.75 Å². The van der Waals surface area contributed by atoms with Crippen molar-refractivity contribution in [2.75, 3.05) is 33.1 Å². The predicted molar refractivity (Wildman–Crippen MR) is 113 cm³/mol. The second-order valence-corrected chi connectivity index (χ2v) is 6.88. The first kappa shape index (κ1) is 21.0. The lowest BCUT2D eigenvalue weighted by Crippen LogP contribution is -2.50. The Kier molecular flexibility index (Phi) is 8.29. The number of ether oxygens (including phenoxy) is 1. The van der Waals surface area contributed by atoms with Crippen LogP contribution >= 0.6 is 24.0 Å². The molecule has 0 heterocycles. The van der Waals surface area contributed by atoms with Crippen LogP contribution in [-0.4, -0.2) is 44.1 Å². The molecular weight excluding hydrogens is 415 g/mol. The van der Waals surface area contributed by atoms with Gasteiger partial charge in [0.15, 0.2) is 5.96 Å². The highest BCUT2D eigenvalue weighted by molar-refractivity contribution is 14.0. The lowest BCUT2D eigenvalue weighted by atomic mass is 9.75. The van der Waals surface area contributed by atoms with Crippen LogP contribution < -0.4 is 15.8 Å². The molecule has 0 amide bonds. The highest BCUT2D eigenvalue weighted by Gasteiger charge is 2.36. The fourth-order valence-corrected chi connectivity index (χ4v) is 3.44. The van der Waals surface area contributed by atoms with E-state index in [1.165, 1.54) is 25.7 Å². The summed E-state index contributed by atoms with van der Waals surface area (Å²) in [6.45, 7) is 3.06. The minimum atomic E-state index is 0. The largest absolute Gasteiger partial charge is 0.497 e. The van der Waals surface area contributed by atoms with Crippen LogP contribution in [0.15, 0.2) is 29.3 Å². The van der Waals surface area contributed by atoms with Crippen LogP contribution in [0.3, 0.4) is 0 Å². The maximum atomic E-state index is 6.09. The van der Waals surface area contributed by atoms with Crippen molar-refractivity contribution in [3.05, 3.63) is 24.3 Å². The smallest absolute Gasteiger partial charge is 0.193 e. The quantitative estimate of drug-likeness (QED) is 0.413. The standard InChI is InChI=1S/C18H30N4O.HI/c1-14-7-6-10-18(12-14,22(2)3)13-20-17(19)21-15-8-5-9-16(11-15)23-4;/h5,8-9,11,14H,6-7,10,12-13H2,1-4H3,(H3,19,20,21);1H. The average molecular weight is 446 g/mol. The lowest BCUT2D eigenvalue weighted by molar-refractivity contribution is 0.0846. The Bertz CT molecular complexity index is 550. The van der Waals surface area contributed by atoms with Gasteiger partial charge in [0.25, 0.3) is 0 Å². The third-order valence-corrected chi connectivity index (χ3v) is 4.90. The van der Waals surface area contributed by atoms with Crippen molar-refractivity contribution < 1.29 is 4.74 Å². The van der Waals surface area contributed by atoms with E-state index < -0.39 is 0 Å². The molecule has 3 N–H and O–H groups in total. The number of methoxy groups -OCH3 is 1.